The van der Waals surface area contributed by atoms with Crippen LogP contribution >= 0.6 is 0 Å². The van der Waals surface area contributed by atoms with E-state index in [9.17, 15) is 0 Å². The van der Waals surface area contributed by atoms with Crippen LogP contribution in [0.2, 0.25) is 0 Å². The summed E-state index contributed by atoms with van der Waals surface area (Å²) in [6.07, 6.45) is 0. The van der Waals surface area contributed by atoms with Crippen LogP contribution in [-0.4, -0.2) is 29.9 Å². The maximum absolute atomic E-state index is 8.74. The lowest BCUT2D eigenvalue weighted by molar-refractivity contribution is 1.07. The molecule has 0 fully saturated rings. The molecule has 0 unspecified atom stereocenters. The minimum absolute atomic E-state index is 0.122. The SMILES string of the molecule is [2H]c1c([2H])c([2H])c(-c2nc(-c3cccc(-c4ccccc4-c4ccccc4-c4cccc(-c5nc(-c6c([2H])c([2H])c([2H])c([2H])c6[2H])nc(-c6c([2H])c([2H])c([2H])c([2H])c6[2H])n5)c4)c3)nc(-c3c([2H])c([2H])c([2H])c([2H])c3[2H])n2)c([2H])c1[2H]. The molecule has 6 nitrogen and oxygen atoms in total. The van der Waals surface area contributed by atoms with Crippen molar-refractivity contribution in [2.45, 2.75) is 0 Å². The highest BCUT2D eigenvalue weighted by Crippen LogP contribution is 2.40. The molecule has 0 saturated carbocycles. The molecular weight excluding hydrogens is 733 g/mol. The molecule has 0 bridgehead atoms. The van der Waals surface area contributed by atoms with Crippen LogP contribution in [0.1, 0.15) is 27.4 Å². The van der Waals surface area contributed by atoms with Gasteiger partial charge in [0.1, 0.15) is 0 Å². The zero-order valence-corrected chi connectivity index (χ0v) is 30.9. The monoisotopic (exact) mass is 788 g/mol. The number of rotatable bonds is 9. The Balaban J connectivity index is 1.12. The highest BCUT2D eigenvalue weighted by molar-refractivity contribution is 5.93. The smallest absolute Gasteiger partial charge is 0.164 e. The third-order valence-electron chi connectivity index (χ3n) is 9.17. The summed E-state index contributed by atoms with van der Waals surface area (Å²) >= 11 is 0. The lowest BCUT2D eigenvalue weighted by Gasteiger charge is -2.16. The Kier molecular flexibility index (Phi) is 5.57. The van der Waals surface area contributed by atoms with E-state index in [1.807, 2.05) is 60.7 Å². The summed E-state index contributed by atoms with van der Waals surface area (Å²) in [5.74, 6) is -1.90. The quantitative estimate of drug-likeness (QED) is 0.145. The van der Waals surface area contributed by atoms with Gasteiger partial charge in [-0.1, -0.05) is 206 Å². The molecule has 8 aromatic carbocycles. The van der Waals surface area contributed by atoms with E-state index in [2.05, 4.69) is 29.9 Å². The predicted molar refractivity (Wildman–Crippen MR) is 242 cm³/mol. The van der Waals surface area contributed by atoms with E-state index in [4.69, 9.17) is 27.4 Å². The van der Waals surface area contributed by atoms with Crippen LogP contribution in [0.15, 0.2) is 218 Å². The highest BCUT2D eigenvalue weighted by Gasteiger charge is 2.17. The minimum Gasteiger partial charge on any atom is -0.208 e. The first-order valence-electron chi connectivity index (χ1n) is 28.2. The molecule has 0 aliphatic carbocycles. The van der Waals surface area contributed by atoms with Crippen LogP contribution in [0.25, 0.3) is 102 Å². The average molecular weight is 789 g/mol. The van der Waals surface area contributed by atoms with Gasteiger partial charge in [-0.15, -0.1) is 0 Å². The van der Waals surface area contributed by atoms with Gasteiger partial charge in [0.25, 0.3) is 0 Å². The lowest BCUT2D eigenvalue weighted by Crippen LogP contribution is -2.00. The molecule has 0 radical (unpaired) electrons. The Morgan fingerprint density at radius 1 is 0.233 bits per heavy atom. The van der Waals surface area contributed by atoms with Crippen molar-refractivity contribution < 1.29 is 27.4 Å². The lowest BCUT2D eigenvalue weighted by atomic mass is 9.88. The Morgan fingerprint density at radius 3 is 0.783 bits per heavy atom. The fourth-order valence-electron chi connectivity index (χ4n) is 6.50. The molecule has 0 N–H and O–H groups in total. The molecule has 0 saturated heterocycles. The number of hydrogen-bond donors (Lipinski definition) is 0. The summed E-state index contributed by atoms with van der Waals surface area (Å²) in [4.78, 5) is 27.2. The van der Waals surface area contributed by atoms with E-state index >= 15 is 0 Å². The number of benzene rings is 8. The average Bonchev–Trinajstić information content (AvgIpc) is 3.63. The maximum atomic E-state index is 8.74. The zero-order valence-electron chi connectivity index (χ0n) is 50.9. The van der Waals surface area contributed by atoms with E-state index in [-0.39, 0.29) is 11.6 Å². The van der Waals surface area contributed by atoms with Crippen molar-refractivity contribution in [2.75, 3.05) is 0 Å². The van der Waals surface area contributed by atoms with E-state index in [0.29, 0.717) is 44.5 Å². The summed E-state index contributed by atoms with van der Waals surface area (Å²) < 4.78 is 170. The van der Waals surface area contributed by atoms with E-state index < -0.39 is 166 Å². The van der Waals surface area contributed by atoms with Gasteiger partial charge in [-0.2, -0.15) is 0 Å². The molecule has 0 atom stereocenters. The van der Waals surface area contributed by atoms with Crippen molar-refractivity contribution in [3.05, 3.63) is 218 Å². The van der Waals surface area contributed by atoms with Crippen molar-refractivity contribution in [2.24, 2.45) is 0 Å². The van der Waals surface area contributed by atoms with E-state index in [1.54, 1.807) is 36.4 Å². The van der Waals surface area contributed by atoms with Crippen molar-refractivity contribution in [1.29, 1.82) is 0 Å². The molecular formula is C54H36N6. The fourth-order valence-corrected chi connectivity index (χ4v) is 6.50. The summed E-state index contributed by atoms with van der Waals surface area (Å²) in [6, 6.07) is 15.5. The molecule has 282 valence electrons. The van der Waals surface area contributed by atoms with Crippen LogP contribution in [0.5, 0.6) is 0 Å². The summed E-state index contributed by atoms with van der Waals surface area (Å²) in [5, 5.41) is 0. The second-order valence-electron chi connectivity index (χ2n) is 12.9. The zero-order chi connectivity index (χ0) is 57.5. The minimum atomic E-state index is -0.675. The Bertz CT molecular complexity index is 3730. The van der Waals surface area contributed by atoms with Gasteiger partial charge >= 0.3 is 0 Å². The first-order valence-corrected chi connectivity index (χ1v) is 18.2. The van der Waals surface area contributed by atoms with Crippen LogP contribution < -0.4 is 0 Å². The van der Waals surface area contributed by atoms with Crippen molar-refractivity contribution in [3.63, 3.8) is 0 Å². The molecule has 60 heavy (non-hydrogen) atoms. The standard InChI is InChI=1S/C54H36N6/c1-5-19-37(20-6-1)49-55-50(38-21-7-2-8-22-38)58-53(57-49)43-29-17-27-41(35-43)45-31-13-15-33-47(45)48-34-16-14-32-46(48)42-28-18-30-44(36-42)54-59-51(39-23-9-3-10-24-39)56-52(60-54)40-25-11-4-12-26-40/h1-36H/i1D,2D,3D,4D,5D,6D,7D,8D,9D,10D,11D,12D,19D,20D,21D,22D,23D,24D,25D,26D. The summed E-state index contributed by atoms with van der Waals surface area (Å²) in [7, 11) is 0. The molecule has 6 heteroatoms. The van der Waals surface area contributed by atoms with Gasteiger partial charge in [0.05, 0.1) is 27.4 Å². The van der Waals surface area contributed by atoms with Gasteiger partial charge in [0.2, 0.25) is 0 Å². The Hall–Kier alpha value is -8.22. The van der Waals surface area contributed by atoms with Crippen LogP contribution in [0, 0.1) is 0 Å². The fraction of sp³-hybridized carbons (Fsp3) is 0. The first kappa shape index (κ1) is 20.5. The van der Waals surface area contributed by atoms with E-state index in [0.717, 1.165) is 0 Å². The summed E-state index contributed by atoms with van der Waals surface area (Å²) in [6.45, 7) is 0. The first-order chi connectivity index (χ1) is 38.0. The number of nitrogens with zero attached hydrogens (tertiary/aromatic N) is 6. The molecule has 0 aliphatic rings. The second kappa shape index (κ2) is 16.3. The molecule has 10 rings (SSSR count). The molecule has 2 aromatic heterocycles. The van der Waals surface area contributed by atoms with Gasteiger partial charge < -0.3 is 0 Å². The van der Waals surface area contributed by atoms with Crippen LogP contribution in [-0.2, 0) is 0 Å². The third-order valence-corrected chi connectivity index (χ3v) is 9.17. The van der Waals surface area contributed by atoms with Crippen LogP contribution in [0.4, 0.5) is 0 Å². The third kappa shape index (κ3) is 7.49. The van der Waals surface area contributed by atoms with Gasteiger partial charge in [0, 0.05) is 33.4 Å². The van der Waals surface area contributed by atoms with Gasteiger partial charge in [-0.3, -0.25) is 0 Å². The van der Waals surface area contributed by atoms with Crippen LogP contribution in [0.3, 0.4) is 0 Å². The topological polar surface area (TPSA) is 77.3 Å². The molecule has 0 aliphatic heterocycles. The molecule has 0 spiro atoms. The van der Waals surface area contributed by atoms with Crippen molar-refractivity contribution in [3.8, 4) is 102 Å². The maximum Gasteiger partial charge on any atom is 0.164 e. The van der Waals surface area contributed by atoms with Crippen molar-refractivity contribution >= 4 is 0 Å². The molecule has 0 amide bonds. The van der Waals surface area contributed by atoms with Gasteiger partial charge in [-0.25, -0.2) is 29.9 Å². The van der Waals surface area contributed by atoms with Gasteiger partial charge in [-0.05, 0) is 45.5 Å². The normalized spacial score (nSPS) is 15.7. The van der Waals surface area contributed by atoms with Gasteiger partial charge in [0.15, 0.2) is 34.9 Å². The number of aromatic nitrogens is 6. The summed E-state index contributed by atoms with van der Waals surface area (Å²) in [5.41, 5.74) is 3.02. The molecule has 2 heterocycles. The molecule has 10 aromatic rings. The van der Waals surface area contributed by atoms with E-state index in [1.165, 1.54) is 0 Å². The van der Waals surface area contributed by atoms with Crippen molar-refractivity contribution in [1.82, 2.24) is 29.9 Å². The number of hydrogen-bond acceptors (Lipinski definition) is 6. The largest absolute Gasteiger partial charge is 0.208 e. The second-order valence-corrected chi connectivity index (χ2v) is 12.9. The highest BCUT2D eigenvalue weighted by atomic mass is 15.0. The Labute approximate surface area is 376 Å². The predicted octanol–water partition coefficient (Wildman–Crippen LogP) is 13.1. The Morgan fingerprint density at radius 2 is 0.483 bits per heavy atom.